The summed E-state index contributed by atoms with van der Waals surface area (Å²) < 4.78 is 5.89. The fourth-order valence-corrected chi connectivity index (χ4v) is 7.58. The first kappa shape index (κ1) is 35.9. The van der Waals surface area contributed by atoms with Crippen molar-refractivity contribution in [3.8, 4) is 0 Å². The van der Waals surface area contributed by atoms with E-state index in [1.807, 2.05) is 24.3 Å². The summed E-state index contributed by atoms with van der Waals surface area (Å²) in [5.41, 5.74) is 0.658. The number of nitrogens with one attached hydrogen (secondary N) is 3. The number of benzene rings is 1. The van der Waals surface area contributed by atoms with E-state index in [1.165, 1.54) is 17.9 Å². The second kappa shape index (κ2) is 15.0. The van der Waals surface area contributed by atoms with Crippen LogP contribution in [0.3, 0.4) is 0 Å². The van der Waals surface area contributed by atoms with Crippen molar-refractivity contribution in [3.63, 3.8) is 0 Å². The van der Waals surface area contributed by atoms with Crippen LogP contribution >= 0.6 is 0 Å². The minimum absolute atomic E-state index is 0.0441. The number of carboxylic acid groups (broad SMARTS) is 1. The van der Waals surface area contributed by atoms with E-state index in [-0.39, 0.29) is 31.2 Å². The third-order valence-electron chi connectivity index (χ3n) is 10.5. The van der Waals surface area contributed by atoms with Crippen molar-refractivity contribution >= 4 is 35.7 Å². The van der Waals surface area contributed by atoms with Crippen molar-refractivity contribution in [1.29, 1.82) is 0 Å². The Hall–Kier alpha value is -4.42. The predicted octanol–water partition coefficient (Wildman–Crippen LogP) is 2.52. The van der Waals surface area contributed by atoms with Crippen LogP contribution in [0, 0.1) is 17.8 Å². The van der Waals surface area contributed by atoms with E-state index in [9.17, 15) is 33.9 Å². The van der Waals surface area contributed by atoms with E-state index in [0.717, 1.165) is 43.2 Å². The van der Waals surface area contributed by atoms with Crippen molar-refractivity contribution in [3.05, 3.63) is 48.0 Å². The van der Waals surface area contributed by atoms with Gasteiger partial charge in [-0.05, 0) is 48.6 Å². The normalized spacial score (nSPS) is 26.2. The summed E-state index contributed by atoms with van der Waals surface area (Å²) >= 11 is 0. The third-order valence-corrected chi connectivity index (χ3v) is 10.5. The zero-order chi connectivity index (χ0) is 35.5. The van der Waals surface area contributed by atoms with Crippen molar-refractivity contribution in [2.24, 2.45) is 17.8 Å². The maximum Gasteiger partial charge on any atom is 0.410 e. The molecule has 266 valence electrons. The average Bonchev–Trinajstić information content (AvgIpc) is 3.65. The molecule has 49 heavy (non-hydrogen) atoms. The van der Waals surface area contributed by atoms with Gasteiger partial charge in [0.1, 0.15) is 29.8 Å². The number of hydrogen-bond acceptors (Lipinski definition) is 7. The molecule has 0 bridgehead atoms. The third kappa shape index (κ3) is 7.91. The molecule has 0 spiro atoms. The average molecular weight is 680 g/mol. The first-order valence-corrected chi connectivity index (χ1v) is 17.4. The molecule has 6 atom stereocenters. The molecule has 4 N–H and O–H groups in total. The number of carbonyl (C=O) groups is 6. The Morgan fingerprint density at radius 2 is 1.73 bits per heavy atom. The van der Waals surface area contributed by atoms with Crippen LogP contribution in [0.15, 0.2) is 36.9 Å². The number of carbonyl (C=O) groups excluding carboxylic acids is 5. The predicted molar refractivity (Wildman–Crippen MR) is 179 cm³/mol. The number of rotatable bonds is 11. The lowest BCUT2D eigenvalue weighted by Crippen LogP contribution is -2.60. The Morgan fingerprint density at radius 1 is 1.04 bits per heavy atom. The monoisotopic (exact) mass is 679 g/mol. The molecule has 2 saturated carbocycles. The number of nitrogens with zero attached hydrogens (tertiary/aromatic N) is 2. The quantitative estimate of drug-likeness (QED) is 0.258. The molecule has 5 rings (SSSR count). The van der Waals surface area contributed by atoms with Crippen LogP contribution in [0.1, 0.15) is 76.8 Å². The van der Waals surface area contributed by atoms with Crippen LogP contribution in [-0.2, 0) is 41.7 Å². The molecular formula is C36H49N5O8. The summed E-state index contributed by atoms with van der Waals surface area (Å²) in [6.45, 7) is 9.28. The van der Waals surface area contributed by atoms with Crippen molar-refractivity contribution in [2.75, 3.05) is 13.1 Å². The molecule has 2 heterocycles. The Balaban J connectivity index is 1.35. The Labute approximate surface area is 287 Å². The van der Waals surface area contributed by atoms with Crippen molar-refractivity contribution < 1.29 is 38.6 Å². The fourth-order valence-electron chi connectivity index (χ4n) is 7.58. The van der Waals surface area contributed by atoms with Crippen molar-refractivity contribution in [1.82, 2.24) is 25.8 Å². The minimum atomic E-state index is -1.53. The molecule has 0 unspecified atom stereocenters. The first-order chi connectivity index (χ1) is 23.3. The molecular weight excluding hydrogens is 630 g/mol. The van der Waals surface area contributed by atoms with Gasteiger partial charge >= 0.3 is 12.1 Å². The van der Waals surface area contributed by atoms with Crippen LogP contribution in [0.25, 0.3) is 0 Å². The van der Waals surface area contributed by atoms with E-state index in [1.54, 1.807) is 18.7 Å². The molecule has 1 saturated heterocycles. The topological polar surface area (TPSA) is 174 Å². The second-order valence-corrected chi connectivity index (χ2v) is 14.3. The smallest absolute Gasteiger partial charge is 0.410 e. The van der Waals surface area contributed by atoms with Crippen LogP contribution in [-0.4, -0.2) is 93.5 Å². The molecule has 3 fully saturated rings. The summed E-state index contributed by atoms with van der Waals surface area (Å²) in [6, 6.07) is 4.83. The summed E-state index contributed by atoms with van der Waals surface area (Å²) in [5.74, 6) is -4.20. The van der Waals surface area contributed by atoms with E-state index < -0.39 is 71.4 Å². The largest absolute Gasteiger partial charge is 0.479 e. The Morgan fingerprint density at radius 3 is 2.35 bits per heavy atom. The van der Waals surface area contributed by atoms with E-state index in [0.29, 0.717) is 19.5 Å². The lowest BCUT2D eigenvalue weighted by atomic mass is 9.83. The highest BCUT2D eigenvalue weighted by molar-refractivity contribution is 5.97. The molecule has 0 radical (unpaired) electrons. The number of likely N-dealkylation sites (tertiary alicyclic amines) is 1. The number of carboxylic acids is 1. The first-order valence-electron chi connectivity index (χ1n) is 17.4. The van der Waals surface area contributed by atoms with Gasteiger partial charge in [0.25, 0.3) is 0 Å². The minimum Gasteiger partial charge on any atom is -0.479 e. The summed E-state index contributed by atoms with van der Waals surface area (Å²) in [7, 11) is 0. The van der Waals surface area contributed by atoms with E-state index in [2.05, 4.69) is 22.5 Å². The van der Waals surface area contributed by atoms with Gasteiger partial charge in [0, 0.05) is 32.4 Å². The van der Waals surface area contributed by atoms with Gasteiger partial charge in [0.15, 0.2) is 0 Å². The molecule has 13 heteroatoms. The number of fused-ring (bicyclic) bond motifs is 1. The van der Waals surface area contributed by atoms with Crippen LogP contribution in [0.4, 0.5) is 4.79 Å². The van der Waals surface area contributed by atoms with E-state index >= 15 is 0 Å². The highest BCUT2D eigenvalue weighted by Crippen LogP contribution is 2.45. The fraction of sp³-hybridized carbons (Fsp3) is 0.611. The number of ether oxygens (including phenoxy) is 1. The Kier molecular flexibility index (Phi) is 11.0. The van der Waals surface area contributed by atoms with Gasteiger partial charge in [-0.3, -0.25) is 19.2 Å². The standard InChI is InChI=1S/C36H49N5O8/c1-5-26-18-36(26,34(46)47)39-31(43)28-17-27(49-35(48)40-16-15-23-11-9-10-14-25(23)19-40)20-41(28)33(45)29(21(2)3)38-32(44)30(37-22(4)42)24-12-7-6-8-13-24/h5,9-11,14,21,24,26-30H,1,6-8,12-13,15-20H2,2-4H3,(H,37,42)(H,38,44)(H,39,43)(H,46,47)/t26-,27-,28+,29+,30+,36-/m1/s1. The zero-order valence-corrected chi connectivity index (χ0v) is 28.6. The lowest BCUT2D eigenvalue weighted by Gasteiger charge is -2.34. The molecule has 0 aromatic heterocycles. The van der Waals surface area contributed by atoms with Gasteiger partial charge in [0.2, 0.25) is 23.6 Å². The molecule has 1 aromatic carbocycles. The maximum absolute atomic E-state index is 14.3. The van der Waals surface area contributed by atoms with Crippen LogP contribution in [0.2, 0.25) is 0 Å². The second-order valence-electron chi connectivity index (χ2n) is 14.3. The molecule has 5 amide bonds. The van der Waals surface area contributed by atoms with Crippen molar-refractivity contribution in [2.45, 2.75) is 108 Å². The molecule has 2 aliphatic carbocycles. The zero-order valence-electron chi connectivity index (χ0n) is 28.6. The molecule has 2 aliphatic heterocycles. The van der Waals surface area contributed by atoms with Gasteiger partial charge in [-0.25, -0.2) is 9.59 Å². The summed E-state index contributed by atoms with van der Waals surface area (Å²) in [4.78, 5) is 82.4. The Bertz CT molecular complexity index is 1470. The number of amides is 5. The van der Waals surface area contributed by atoms with Crippen LogP contribution < -0.4 is 16.0 Å². The van der Waals surface area contributed by atoms with Crippen LogP contribution in [0.5, 0.6) is 0 Å². The molecule has 1 aromatic rings. The highest BCUT2D eigenvalue weighted by atomic mass is 16.6. The van der Waals surface area contributed by atoms with E-state index in [4.69, 9.17) is 4.74 Å². The van der Waals surface area contributed by atoms with Gasteiger partial charge < -0.3 is 35.6 Å². The lowest BCUT2D eigenvalue weighted by molar-refractivity contribution is -0.146. The molecule has 4 aliphatic rings. The van der Waals surface area contributed by atoms with Gasteiger partial charge in [-0.2, -0.15) is 0 Å². The maximum atomic E-state index is 14.3. The number of aliphatic carboxylic acids is 1. The summed E-state index contributed by atoms with van der Waals surface area (Å²) in [5, 5.41) is 18.2. The summed E-state index contributed by atoms with van der Waals surface area (Å²) in [6.07, 6.45) is 5.36. The van der Waals surface area contributed by atoms with Gasteiger partial charge in [0.05, 0.1) is 6.54 Å². The van der Waals surface area contributed by atoms with Gasteiger partial charge in [-0.15, -0.1) is 6.58 Å². The SMILES string of the molecule is C=C[C@@H]1C[C@]1(NC(=O)[C@@H]1C[C@@H](OC(=O)N2CCc3ccccc3C2)CN1C(=O)[C@@H](NC(=O)[C@@H](NC(C)=O)C1CCCCC1)C(C)C)C(=O)O. The highest BCUT2D eigenvalue weighted by Gasteiger charge is 2.61. The molecule has 13 nitrogen and oxygen atoms in total. The van der Waals surface area contributed by atoms with Gasteiger partial charge in [-0.1, -0.05) is 63.5 Å². The number of hydrogen-bond donors (Lipinski definition) is 4.